The molecule has 0 bridgehead atoms. The van der Waals surface area contributed by atoms with Crippen LogP contribution in [0.1, 0.15) is 23.6 Å². The summed E-state index contributed by atoms with van der Waals surface area (Å²) in [6, 6.07) is 15.5. The van der Waals surface area contributed by atoms with Crippen LogP contribution in [-0.4, -0.2) is 94.4 Å². The number of hydrogen-bond acceptors (Lipinski definition) is 6. The van der Waals surface area contributed by atoms with Gasteiger partial charge in [-0.15, -0.1) is 13.2 Å². The van der Waals surface area contributed by atoms with Crippen molar-refractivity contribution in [2.75, 3.05) is 66.3 Å². The fraction of sp³-hybridized carbons (Fsp3) is 0.536. The van der Waals surface area contributed by atoms with Crippen molar-refractivity contribution in [2.24, 2.45) is 0 Å². The number of halogens is 5. The zero-order chi connectivity index (χ0) is 29.0. The Morgan fingerprint density at radius 3 is 2.45 bits per heavy atom. The van der Waals surface area contributed by atoms with E-state index in [1.165, 1.54) is 0 Å². The molecule has 1 aliphatic rings. The molecule has 2 aromatic rings. The molecule has 2 unspecified atom stereocenters. The smallest absolute Gasteiger partial charge is 0.378 e. The number of likely N-dealkylation sites (N-methyl/N-ethyl adjacent to an activating group) is 1. The highest BCUT2D eigenvalue weighted by Crippen LogP contribution is 2.26. The van der Waals surface area contributed by atoms with Crippen LogP contribution >= 0.6 is 23.2 Å². The molecule has 1 heterocycles. The molecule has 12 heteroatoms. The molecule has 1 fully saturated rings. The van der Waals surface area contributed by atoms with Gasteiger partial charge in [0.2, 0.25) is 5.91 Å². The Bertz CT molecular complexity index is 1050. The zero-order valence-electron chi connectivity index (χ0n) is 22.5. The van der Waals surface area contributed by atoms with Gasteiger partial charge in [-0.05, 0) is 36.2 Å². The molecule has 1 aliphatic heterocycles. The lowest BCUT2D eigenvalue weighted by Crippen LogP contribution is -2.41. The van der Waals surface area contributed by atoms with Crippen molar-refractivity contribution >= 4 is 29.1 Å². The number of likely N-dealkylation sites (tertiary alicyclic amines) is 1. The van der Waals surface area contributed by atoms with E-state index in [4.69, 9.17) is 32.7 Å². The molecule has 0 spiro atoms. The van der Waals surface area contributed by atoms with E-state index >= 15 is 0 Å². The maximum atomic E-state index is 13.2. The highest BCUT2D eigenvalue weighted by molar-refractivity contribution is 6.42. The summed E-state index contributed by atoms with van der Waals surface area (Å²) in [5.41, 5.74) is 1.89. The first kappa shape index (κ1) is 32.6. The molecule has 0 aliphatic carbocycles. The topological polar surface area (TPSA) is 63.3 Å². The molecular formula is C28H36Cl2F3N3O4. The minimum atomic E-state index is -4.63. The van der Waals surface area contributed by atoms with Crippen molar-refractivity contribution in [2.45, 2.75) is 31.3 Å². The average Bonchev–Trinajstić information content (AvgIpc) is 3.37. The van der Waals surface area contributed by atoms with Crippen LogP contribution in [-0.2, 0) is 25.4 Å². The van der Waals surface area contributed by atoms with Crippen molar-refractivity contribution in [1.29, 1.82) is 0 Å². The van der Waals surface area contributed by atoms with Gasteiger partial charge in [0.05, 0.1) is 55.5 Å². The first-order valence-corrected chi connectivity index (χ1v) is 13.9. The lowest BCUT2D eigenvalue weighted by Gasteiger charge is -2.32. The second-order valence-corrected chi connectivity index (χ2v) is 10.4. The predicted octanol–water partition coefficient (Wildman–Crippen LogP) is 4.97. The van der Waals surface area contributed by atoms with Crippen LogP contribution in [0.15, 0.2) is 48.5 Å². The molecule has 1 N–H and O–H groups in total. The summed E-state index contributed by atoms with van der Waals surface area (Å²) in [6.07, 6.45) is -3.43. The van der Waals surface area contributed by atoms with Crippen molar-refractivity contribution < 1.29 is 32.2 Å². The van der Waals surface area contributed by atoms with Gasteiger partial charge >= 0.3 is 6.36 Å². The quantitative estimate of drug-likeness (QED) is 0.273. The number of rotatable bonds is 16. The first-order valence-electron chi connectivity index (χ1n) is 13.2. The van der Waals surface area contributed by atoms with Gasteiger partial charge < -0.3 is 19.7 Å². The summed E-state index contributed by atoms with van der Waals surface area (Å²) in [5.74, 6) is -0.00452. The fourth-order valence-electron chi connectivity index (χ4n) is 4.53. The molecule has 2 atom stereocenters. The van der Waals surface area contributed by atoms with E-state index in [1.807, 2.05) is 48.3 Å². The summed E-state index contributed by atoms with van der Waals surface area (Å²) >= 11 is 12.2. The number of ether oxygens (including phenoxy) is 3. The van der Waals surface area contributed by atoms with Gasteiger partial charge in [-0.3, -0.25) is 14.4 Å². The molecule has 0 radical (unpaired) electrons. The van der Waals surface area contributed by atoms with Gasteiger partial charge in [0.25, 0.3) is 0 Å². The molecule has 222 valence electrons. The van der Waals surface area contributed by atoms with Gasteiger partial charge in [0.15, 0.2) is 0 Å². The van der Waals surface area contributed by atoms with Gasteiger partial charge in [0.1, 0.15) is 0 Å². The molecule has 2 aromatic carbocycles. The van der Waals surface area contributed by atoms with E-state index in [-0.39, 0.29) is 31.6 Å². The minimum absolute atomic E-state index is 0.00452. The molecular weight excluding hydrogens is 570 g/mol. The monoisotopic (exact) mass is 605 g/mol. The number of nitrogens with zero attached hydrogens (tertiary/aromatic N) is 2. The lowest BCUT2D eigenvalue weighted by atomic mass is 10.0. The number of benzene rings is 2. The Kier molecular flexibility index (Phi) is 13.4. The zero-order valence-corrected chi connectivity index (χ0v) is 24.0. The largest absolute Gasteiger partial charge is 0.522 e. The second kappa shape index (κ2) is 16.5. The van der Waals surface area contributed by atoms with Crippen LogP contribution in [0, 0.1) is 0 Å². The molecule has 0 aromatic heterocycles. The van der Waals surface area contributed by atoms with E-state index in [0.717, 1.165) is 30.6 Å². The third-order valence-corrected chi connectivity index (χ3v) is 7.37. The van der Waals surface area contributed by atoms with E-state index in [9.17, 15) is 18.0 Å². The van der Waals surface area contributed by atoms with E-state index in [0.29, 0.717) is 42.4 Å². The Morgan fingerprint density at radius 1 is 1.05 bits per heavy atom. The molecule has 1 saturated heterocycles. The highest BCUT2D eigenvalue weighted by atomic mass is 35.5. The minimum Gasteiger partial charge on any atom is -0.378 e. The van der Waals surface area contributed by atoms with E-state index in [1.54, 1.807) is 12.1 Å². The van der Waals surface area contributed by atoms with Gasteiger partial charge in [-0.1, -0.05) is 59.6 Å². The van der Waals surface area contributed by atoms with Crippen molar-refractivity contribution in [3.63, 3.8) is 0 Å². The number of hydrogen-bond donors (Lipinski definition) is 1. The first-order chi connectivity index (χ1) is 19.1. The van der Waals surface area contributed by atoms with E-state index < -0.39 is 13.0 Å². The number of nitrogens with one attached hydrogen (secondary N) is 1. The third kappa shape index (κ3) is 11.5. The average molecular weight is 607 g/mol. The van der Waals surface area contributed by atoms with Crippen molar-refractivity contribution in [1.82, 2.24) is 15.1 Å². The van der Waals surface area contributed by atoms with Crippen LogP contribution in [0.4, 0.5) is 13.2 Å². The Hall–Kier alpha value is -1.92. The summed E-state index contributed by atoms with van der Waals surface area (Å²) in [7, 11) is 1.84. The predicted molar refractivity (Wildman–Crippen MR) is 149 cm³/mol. The van der Waals surface area contributed by atoms with E-state index in [2.05, 4.69) is 15.0 Å². The maximum Gasteiger partial charge on any atom is 0.522 e. The number of alkyl halides is 3. The van der Waals surface area contributed by atoms with Gasteiger partial charge in [-0.2, -0.15) is 0 Å². The Labute approximate surface area is 243 Å². The van der Waals surface area contributed by atoms with Crippen LogP contribution in [0.25, 0.3) is 0 Å². The lowest BCUT2D eigenvalue weighted by molar-refractivity contribution is -0.327. The van der Waals surface area contributed by atoms with Crippen LogP contribution in [0.3, 0.4) is 0 Å². The fourth-order valence-corrected chi connectivity index (χ4v) is 4.85. The summed E-state index contributed by atoms with van der Waals surface area (Å²) in [6.45, 7) is 3.41. The van der Waals surface area contributed by atoms with Crippen molar-refractivity contribution in [3.8, 4) is 0 Å². The standard InChI is InChI=1S/C28H36Cl2F3N3O4/c1-35(27(37)18-21-7-8-24(29)25(30)17-21)26(22-5-3-2-4-6-22)20-36-11-9-23(19-36)34-10-12-38-13-14-39-15-16-40-28(31,32)33/h2-8,17,23,26,34H,9-16,18-20H2,1H3. The van der Waals surface area contributed by atoms with Crippen LogP contribution < -0.4 is 5.32 Å². The summed E-state index contributed by atoms with van der Waals surface area (Å²) in [5, 5.41) is 4.38. The molecule has 40 heavy (non-hydrogen) atoms. The number of carbonyl (C=O) groups is 1. The van der Waals surface area contributed by atoms with Crippen LogP contribution in [0.5, 0.6) is 0 Å². The second-order valence-electron chi connectivity index (χ2n) is 9.57. The molecule has 1 amide bonds. The maximum absolute atomic E-state index is 13.2. The Balaban J connectivity index is 1.40. The Morgan fingerprint density at radius 2 is 1.75 bits per heavy atom. The summed E-state index contributed by atoms with van der Waals surface area (Å²) < 4.78 is 49.9. The molecule has 0 saturated carbocycles. The molecule has 7 nitrogen and oxygen atoms in total. The third-order valence-electron chi connectivity index (χ3n) is 6.63. The summed E-state index contributed by atoms with van der Waals surface area (Å²) in [4.78, 5) is 17.4. The highest BCUT2D eigenvalue weighted by Gasteiger charge is 2.29. The van der Waals surface area contributed by atoms with Crippen molar-refractivity contribution in [3.05, 3.63) is 69.7 Å². The number of carbonyl (C=O) groups excluding carboxylic acids is 1. The normalized spacial score (nSPS) is 16.8. The number of amides is 1. The molecule has 3 rings (SSSR count). The SMILES string of the molecule is CN(C(=O)Cc1ccc(Cl)c(Cl)c1)C(CN1CCC(NCCOCCOCCOC(F)(F)F)C1)c1ccccc1. The van der Waals surface area contributed by atoms with Gasteiger partial charge in [0, 0.05) is 32.7 Å². The van der Waals surface area contributed by atoms with Crippen LogP contribution in [0.2, 0.25) is 10.0 Å². The van der Waals surface area contributed by atoms with Gasteiger partial charge in [-0.25, -0.2) is 0 Å².